The molecule has 2 heterocycles. The molecule has 2 fully saturated rings. The summed E-state index contributed by atoms with van der Waals surface area (Å²) in [7, 11) is 1.52. The minimum atomic E-state index is -1.09. The summed E-state index contributed by atoms with van der Waals surface area (Å²) < 4.78 is 21.4. The predicted octanol–water partition coefficient (Wildman–Crippen LogP) is 0.985. The van der Waals surface area contributed by atoms with Crippen LogP contribution in [-0.4, -0.2) is 37.9 Å². The molecule has 0 aromatic heterocycles. The minimum absolute atomic E-state index is 0.334. The Balaban J connectivity index is 2.13. The van der Waals surface area contributed by atoms with Gasteiger partial charge in [-0.15, -0.1) is 0 Å². The molecular weight excluding hydrogens is 212 g/mol. The van der Waals surface area contributed by atoms with Crippen LogP contribution < -0.4 is 0 Å². The highest BCUT2D eigenvalue weighted by molar-refractivity contribution is 5.87. The highest BCUT2D eigenvalue weighted by atomic mass is 16.8. The molecule has 2 atom stereocenters. The summed E-state index contributed by atoms with van der Waals surface area (Å²) >= 11 is 0. The zero-order chi connectivity index (χ0) is 11.8. The maximum atomic E-state index is 11.5. The molecule has 0 spiro atoms. The molecule has 5 nitrogen and oxygen atoms in total. The standard InChI is InChI=1S/C11H16O5/c1-8(2)9(12)16-11(5-7-15-11)10(13-3)4-6-14-10/h1,4-7H2,2-3H3. The fourth-order valence-corrected chi connectivity index (χ4v) is 1.89. The zero-order valence-electron chi connectivity index (χ0n) is 9.58. The van der Waals surface area contributed by atoms with Crippen molar-refractivity contribution in [3.05, 3.63) is 12.2 Å². The van der Waals surface area contributed by atoms with Crippen molar-refractivity contribution in [2.75, 3.05) is 20.3 Å². The van der Waals surface area contributed by atoms with Gasteiger partial charge in [0.1, 0.15) is 0 Å². The molecule has 2 unspecified atom stereocenters. The Morgan fingerprint density at radius 3 is 2.00 bits per heavy atom. The number of carbonyl (C=O) groups is 1. The Hall–Kier alpha value is -0.910. The largest absolute Gasteiger partial charge is 0.424 e. The van der Waals surface area contributed by atoms with Crippen LogP contribution in [0.1, 0.15) is 19.8 Å². The van der Waals surface area contributed by atoms with E-state index in [0.717, 1.165) is 0 Å². The molecule has 5 heteroatoms. The molecule has 2 aliphatic rings. The summed E-state index contributed by atoms with van der Waals surface area (Å²) in [6.07, 6.45) is 1.24. The van der Waals surface area contributed by atoms with Gasteiger partial charge >= 0.3 is 5.97 Å². The number of hydrogen-bond acceptors (Lipinski definition) is 5. The van der Waals surface area contributed by atoms with E-state index in [-0.39, 0.29) is 0 Å². The molecule has 0 aromatic rings. The van der Waals surface area contributed by atoms with Gasteiger partial charge < -0.3 is 18.9 Å². The number of rotatable bonds is 4. The quantitative estimate of drug-likeness (QED) is 0.530. The smallest absolute Gasteiger partial charge is 0.335 e. The molecule has 0 radical (unpaired) electrons. The first-order valence-electron chi connectivity index (χ1n) is 5.27. The van der Waals surface area contributed by atoms with E-state index >= 15 is 0 Å². The molecule has 0 bridgehead atoms. The topological polar surface area (TPSA) is 54.0 Å². The van der Waals surface area contributed by atoms with Crippen molar-refractivity contribution in [1.29, 1.82) is 0 Å². The number of esters is 1. The molecular formula is C11H16O5. The lowest BCUT2D eigenvalue weighted by Crippen LogP contribution is -2.70. The number of ether oxygens (including phenoxy) is 4. The van der Waals surface area contributed by atoms with Crippen molar-refractivity contribution in [3.8, 4) is 0 Å². The van der Waals surface area contributed by atoms with E-state index in [0.29, 0.717) is 31.6 Å². The van der Waals surface area contributed by atoms with Gasteiger partial charge in [-0.3, -0.25) is 0 Å². The summed E-state index contributed by atoms with van der Waals surface area (Å²) in [5.74, 6) is -2.50. The van der Waals surface area contributed by atoms with Crippen LogP contribution in [0.5, 0.6) is 0 Å². The van der Waals surface area contributed by atoms with Gasteiger partial charge in [-0.2, -0.15) is 0 Å². The van der Waals surface area contributed by atoms with Crippen LogP contribution in [0.2, 0.25) is 0 Å². The van der Waals surface area contributed by atoms with Crippen molar-refractivity contribution >= 4 is 5.97 Å². The van der Waals surface area contributed by atoms with E-state index in [2.05, 4.69) is 6.58 Å². The Labute approximate surface area is 94.3 Å². The van der Waals surface area contributed by atoms with E-state index in [1.165, 1.54) is 7.11 Å². The van der Waals surface area contributed by atoms with Gasteiger partial charge in [0.2, 0.25) is 5.79 Å². The molecule has 0 aromatic carbocycles. The second kappa shape index (κ2) is 3.84. The van der Waals surface area contributed by atoms with Crippen molar-refractivity contribution in [3.63, 3.8) is 0 Å². The highest BCUT2D eigenvalue weighted by Crippen LogP contribution is 2.47. The molecule has 90 valence electrons. The fraction of sp³-hybridized carbons (Fsp3) is 0.727. The van der Waals surface area contributed by atoms with E-state index in [1.807, 2.05) is 0 Å². The molecule has 16 heavy (non-hydrogen) atoms. The van der Waals surface area contributed by atoms with Crippen molar-refractivity contribution in [2.45, 2.75) is 31.3 Å². The molecule has 0 N–H and O–H groups in total. The van der Waals surface area contributed by atoms with Crippen LogP contribution in [0.15, 0.2) is 12.2 Å². The first-order valence-corrected chi connectivity index (χ1v) is 5.27. The highest BCUT2D eigenvalue weighted by Gasteiger charge is 2.65. The summed E-state index contributed by atoms with van der Waals surface area (Å²) in [5.41, 5.74) is 0.334. The summed E-state index contributed by atoms with van der Waals surface area (Å²) in [5, 5.41) is 0. The molecule has 0 amide bonds. The van der Waals surface area contributed by atoms with Gasteiger partial charge in [0.15, 0.2) is 0 Å². The van der Waals surface area contributed by atoms with Gasteiger partial charge in [0, 0.05) is 25.5 Å². The maximum Gasteiger partial charge on any atom is 0.335 e. The second-order valence-electron chi connectivity index (χ2n) is 4.08. The monoisotopic (exact) mass is 228 g/mol. The maximum absolute atomic E-state index is 11.5. The van der Waals surface area contributed by atoms with Crippen LogP contribution in [-0.2, 0) is 23.7 Å². The molecule has 0 saturated carbocycles. The van der Waals surface area contributed by atoms with Crippen LogP contribution in [0.3, 0.4) is 0 Å². The Bertz CT molecular complexity index is 309. The van der Waals surface area contributed by atoms with Gasteiger partial charge in [-0.05, 0) is 6.92 Å². The first kappa shape index (κ1) is 11.6. The van der Waals surface area contributed by atoms with Crippen LogP contribution in [0, 0.1) is 0 Å². The van der Waals surface area contributed by atoms with Crippen LogP contribution in [0.25, 0.3) is 0 Å². The zero-order valence-corrected chi connectivity index (χ0v) is 9.58. The molecule has 2 aliphatic heterocycles. The van der Waals surface area contributed by atoms with E-state index in [1.54, 1.807) is 6.92 Å². The van der Waals surface area contributed by atoms with Crippen molar-refractivity contribution < 1.29 is 23.7 Å². The first-order chi connectivity index (χ1) is 7.55. The average Bonchev–Trinajstić information content (AvgIpc) is 2.12. The minimum Gasteiger partial charge on any atom is -0.424 e. The SMILES string of the molecule is C=C(C)C(=O)OC1(C2(OC)CCO2)CCO1. The lowest BCUT2D eigenvalue weighted by Gasteiger charge is -2.55. The molecule has 0 aliphatic carbocycles. The number of carbonyl (C=O) groups excluding carboxylic acids is 1. The Kier molecular flexibility index (Phi) is 2.77. The normalized spacial score (nSPS) is 37.1. The van der Waals surface area contributed by atoms with Crippen molar-refractivity contribution in [1.82, 2.24) is 0 Å². The lowest BCUT2D eigenvalue weighted by molar-refractivity contribution is -0.465. The van der Waals surface area contributed by atoms with Crippen LogP contribution >= 0.6 is 0 Å². The Morgan fingerprint density at radius 1 is 1.25 bits per heavy atom. The fourth-order valence-electron chi connectivity index (χ4n) is 1.89. The summed E-state index contributed by atoms with van der Waals surface area (Å²) in [6.45, 7) is 6.26. The number of hydrogen-bond donors (Lipinski definition) is 0. The van der Waals surface area contributed by atoms with E-state index in [9.17, 15) is 4.79 Å². The third-order valence-corrected chi connectivity index (χ3v) is 3.05. The van der Waals surface area contributed by atoms with Gasteiger partial charge in [-0.25, -0.2) is 4.79 Å². The van der Waals surface area contributed by atoms with Gasteiger partial charge in [0.05, 0.1) is 13.2 Å². The number of methoxy groups -OCH3 is 1. The van der Waals surface area contributed by atoms with Gasteiger partial charge in [0.25, 0.3) is 5.79 Å². The molecule has 2 saturated heterocycles. The second-order valence-corrected chi connectivity index (χ2v) is 4.08. The third kappa shape index (κ3) is 1.47. The van der Waals surface area contributed by atoms with E-state index in [4.69, 9.17) is 18.9 Å². The average molecular weight is 228 g/mol. The Morgan fingerprint density at radius 2 is 1.75 bits per heavy atom. The lowest BCUT2D eigenvalue weighted by atomic mass is 9.91. The predicted molar refractivity (Wildman–Crippen MR) is 54.5 cm³/mol. The van der Waals surface area contributed by atoms with Crippen LogP contribution in [0.4, 0.5) is 0 Å². The van der Waals surface area contributed by atoms with Crippen molar-refractivity contribution in [2.24, 2.45) is 0 Å². The molecule has 2 rings (SSSR count). The third-order valence-electron chi connectivity index (χ3n) is 3.05. The summed E-state index contributed by atoms with van der Waals surface area (Å²) in [6, 6.07) is 0. The summed E-state index contributed by atoms with van der Waals surface area (Å²) in [4.78, 5) is 11.5. The van der Waals surface area contributed by atoms with Gasteiger partial charge in [-0.1, -0.05) is 6.58 Å². The van der Waals surface area contributed by atoms with E-state index < -0.39 is 17.5 Å².